The van der Waals surface area contributed by atoms with Crippen LogP contribution in [0.15, 0.2) is 24.3 Å². The van der Waals surface area contributed by atoms with E-state index in [4.69, 9.17) is 9.47 Å². The minimum absolute atomic E-state index is 0.0134. The Hall–Kier alpha value is -2.04. The van der Waals surface area contributed by atoms with Crippen molar-refractivity contribution in [3.63, 3.8) is 0 Å². The first-order chi connectivity index (χ1) is 10.2. The predicted molar refractivity (Wildman–Crippen MR) is 86.0 cm³/mol. The van der Waals surface area contributed by atoms with Crippen molar-refractivity contribution < 1.29 is 19.1 Å². The van der Waals surface area contributed by atoms with Gasteiger partial charge in [0.15, 0.2) is 0 Å². The zero-order chi connectivity index (χ0) is 16.8. The summed E-state index contributed by atoms with van der Waals surface area (Å²) in [6.45, 7) is 9.54. The van der Waals surface area contributed by atoms with Gasteiger partial charge in [-0.05, 0) is 51.3 Å². The van der Waals surface area contributed by atoms with Crippen molar-refractivity contribution in [3.8, 4) is 0 Å². The second-order valence-electron chi connectivity index (χ2n) is 6.16. The molecule has 1 aromatic carbocycles. The number of ether oxygens (including phenoxy) is 2. The maximum Gasteiger partial charge on any atom is 0.412 e. The van der Waals surface area contributed by atoms with Crippen LogP contribution in [0, 0.1) is 0 Å². The molecule has 1 N–H and O–H groups in total. The van der Waals surface area contributed by atoms with Crippen LogP contribution in [0.1, 0.15) is 52.5 Å². The molecule has 1 rings (SSSR count). The molecule has 0 fully saturated rings. The molecular weight excluding hydrogens is 282 g/mol. The van der Waals surface area contributed by atoms with E-state index in [9.17, 15) is 9.59 Å². The molecule has 1 aromatic rings. The Morgan fingerprint density at radius 3 is 2.55 bits per heavy atom. The van der Waals surface area contributed by atoms with E-state index >= 15 is 0 Å². The highest BCUT2D eigenvalue weighted by molar-refractivity contribution is 5.85. The Morgan fingerprint density at radius 2 is 1.95 bits per heavy atom. The number of hydrogen-bond donors (Lipinski definition) is 1. The number of amides is 1. The number of carbonyl (C=O) groups excluding carboxylic acids is 2. The van der Waals surface area contributed by atoms with Gasteiger partial charge in [-0.2, -0.15) is 0 Å². The molecule has 0 saturated carbocycles. The lowest BCUT2D eigenvalue weighted by Crippen LogP contribution is -2.27. The summed E-state index contributed by atoms with van der Waals surface area (Å²) >= 11 is 0. The normalized spacial score (nSPS) is 12.4. The monoisotopic (exact) mass is 307 g/mol. The molecule has 0 heterocycles. The lowest BCUT2D eigenvalue weighted by atomic mass is 9.97. The first kappa shape index (κ1) is 18.0. The molecule has 0 spiro atoms. The summed E-state index contributed by atoms with van der Waals surface area (Å²) in [6, 6.07) is 7.38. The lowest BCUT2D eigenvalue weighted by Gasteiger charge is -2.20. The van der Waals surface area contributed by atoms with Crippen molar-refractivity contribution in [2.75, 3.05) is 11.9 Å². The highest BCUT2D eigenvalue weighted by Gasteiger charge is 2.17. The molecule has 22 heavy (non-hydrogen) atoms. The first-order valence-electron chi connectivity index (χ1n) is 7.47. The number of hydrogen-bond acceptors (Lipinski definition) is 4. The smallest absolute Gasteiger partial charge is 0.412 e. The fourth-order valence-electron chi connectivity index (χ4n) is 1.93. The molecule has 0 bridgehead atoms. The highest BCUT2D eigenvalue weighted by Crippen LogP contribution is 2.23. The Bertz CT molecular complexity index is 520. The van der Waals surface area contributed by atoms with Crippen molar-refractivity contribution in [1.29, 1.82) is 0 Å². The minimum Gasteiger partial charge on any atom is -0.466 e. The van der Waals surface area contributed by atoms with Gasteiger partial charge in [0.1, 0.15) is 5.60 Å². The van der Waals surface area contributed by atoms with Crippen LogP contribution < -0.4 is 5.32 Å². The van der Waals surface area contributed by atoms with Crippen molar-refractivity contribution in [3.05, 3.63) is 29.8 Å². The fourth-order valence-corrected chi connectivity index (χ4v) is 1.93. The van der Waals surface area contributed by atoms with Gasteiger partial charge in [-0.15, -0.1) is 0 Å². The van der Waals surface area contributed by atoms with Crippen LogP contribution in [-0.2, 0) is 14.3 Å². The molecule has 0 aliphatic carbocycles. The summed E-state index contributed by atoms with van der Waals surface area (Å²) < 4.78 is 10.2. The van der Waals surface area contributed by atoms with E-state index in [0.29, 0.717) is 18.7 Å². The molecule has 0 aliphatic heterocycles. The molecule has 0 aliphatic rings. The maximum atomic E-state index is 11.8. The van der Waals surface area contributed by atoms with Gasteiger partial charge in [-0.25, -0.2) is 4.79 Å². The van der Waals surface area contributed by atoms with Crippen LogP contribution in [0.3, 0.4) is 0 Å². The second kappa shape index (κ2) is 7.82. The second-order valence-corrected chi connectivity index (χ2v) is 6.16. The van der Waals surface area contributed by atoms with E-state index in [1.807, 2.05) is 45.9 Å². The summed E-state index contributed by atoms with van der Waals surface area (Å²) in [5, 5.41) is 2.69. The summed E-state index contributed by atoms with van der Waals surface area (Å²) in [5.41, 5.74) is 1.06. The fraction of sp³-hybridized carbons (Fsp3) is 0.529. The number of esters is 1. The van der Waals surface area contributed by atoms with Crippen LogP contribution in [0.2, 0.25) is 0 Å². The molecule has 1 atom stereocenters. The number of rotatable bonds is 5. The van der Waals surface area contributed by atoms with Gasteiger partial charge in [0.05, 0.1) is 13.0 Å². The zero-order valence-corrected chi connectivity index (χ0v) is 13.9. The van der Waals surface area contributed by atoms with Crippen molar-refractivity contribution in [2.45, 2.75) is 52.6 Å². The molecule has 0 aromatic heterocycles. The summed E-state index contributed by atoms with van der Waals surface area (Å²) in [6.07, 6.45) is -0.188. The van der Waals surface area contributed by atoms with E-state index in [2.05, 4.69) is 5.32 Å². The Labute approximate surface area is 132 Å². The summed E-state index contributed by atoms with van der Waals surface area (Å²) in [5.74, 6) is -0.208. The maximum absolute atomic E-state index is 11.8. The molecule has 0 radical (unpaired) electrons. The van der Waals surface area contributed by atoms with Crippen LogP contribution in [0.4, 0.5) is 10.5 Å². The molecule has 1 amide bonds. The van der Waals surface area contributed by atoms with Crippen LogP contribution in [0.5, 0.6) is 0 Å². The minimum atomic E-state index is -0.543. The van der Waals surface area contributed by atoms with Gasteiger partial charge in [-0.1, -0.05) is 19.1 Å². The van der Waals surface area contributed by atoms with Crippen molar-refractivity contribution in [2.24, 2.45) is 0 Å². The third-order valence-electron chi connectivity index (χ3n) is 2.88. The summed E-state index contributed by atoms with van der Waals surface area (Å²) in [4.78, 5) is 23.3. The van der Waals surface area contributed by atoms with E-state index in [-0.39, 0.29) is 11.9 Å². The number of carbonyl (C=O) groups is 2. The van der Waals surface area contributed by atoms with Gasteiger partial charge < -0.3 is 9.47 Å². The van der Waals surface area contributed by atoms with Crippen LogP contribution in [-0.4, -0.2) is 24.3 Å². The molecular formula is C17H25NO4. The number of nitrogens with one attached hydrogen (secondary N) is 1. The van der Waals surface area contributed by atoms with E-state index < -0.39 is 11.7 Å². The Kier molecular flexibility index (Phi) is 6.40. The first-order valence-corrected chi connectivity index (χ1v) is 7.47. The Balaban J connectivity index is 2.69. The standard InChI is InChI=1S/C17H25NO4/c1-6-21-15(19)10-12(2)13-8-7-9-14(11-13)18-16(20)22-17(3,4)5/h7-9,11-12H,6,10H2,1-5H3,(H,18,20)/t12-/m1/s1. The lowest BCUT2D eigenvalue weighted by molar-refractivity contribution is -0.143. The van der Waals surface area contributed by atoms with Gasteiger partial charge in [-0.3, -0.25) is 10.1 Å². The number of benzene rings is 1. The predicted octanol–water partition coefficient (Wildman–Crippen LogP) is 4.09. The SMILES string of the molecule is CCOC(=O)C[C@@H](C)c1cccc(NC(=O)OC(C)(C)C)c1. The van der Waals surface area contributed by atoms with Crippen LogP contribution in [0.25, 0.3) is 0 Å². The Morgan fingerprint density at radius 1 is 1.27 bits per heavy atom. The molecule has 122 valence electrons. The number of anilines is 1. The van der Waals surface area contributed by atoms with Gasteiger partial charge in [0, 0.05) is 5.69 Å². The average molecular weight is 307 g/mol. The molecule has 0 saturated heterocycles. The zero-order valence-electron chi connectivity index (χ0n) is 13.9. The third-order valence-corrected chi connectivity index (χ3v) is 2.88. The van der Waals surface area contributed by atoms with Gasteiger partial charge in [0.2, 0.25) is 0 Å². The van der Waals surface area contributed by atoms with E-state index in [1.165, 1.54) is 0 Å². The third kappa shape index (κ3) is 6.61. The quantitative estimate of drug-likeness (QED) is 0.832. The molecule has 5 nitrogen and oxygen atoms in total. The largest absolute Gasteiger partial charge is 0.466 e. The highest BCUT2D eigenvalue weighted by atomic mass is 16.6. The summed E-state index contributed by atoms with van der Waals surface area (Å²) in [7, 11) is 0. The topological polar surface area (TPSA) is 64.6 Å². The van der Waals surface area contributed by atoms with Crippen LogP contribution >= 0.6 is 0 Å². The average Bonchev–Trinajstić information content (AvgIpc) is 2.36. The van der Waals surface area contributed by atoms with E-state index in [1.54, 1.807) is 13.0 Å². The van der Waals surface area contributed by atoms with Crippen molar-refractivity contribution >= 4 is 17.7 Å². The molecule has 5 heteroatoms. The molecule has 0 unspecified atom stereocenters. The van der Waals surface area contributed by atoms with E-state index in [0.717, 1.165) is 5.56 Å². The van der Waals surface area contributed by atoms with Crippen molar-refractivity contribution in [1.82, 2.24) is 0 Å². The van der Waals surface area contributed by atoms with Gasteiger partial charge >= 0.3 is 12.1 Å². The van der Waals surface area contributed by atoms with Gasteiger partial charge in [0.25, 0.3) is 0 Å².